The molecule has 1 aromatic carbocycles. The zero-order chi connectivity index (χ0) is 9.97. The summed E-state index contributed by atoms with van der Waals surface area (Å²) in [6.45, 7) is 4.45. The molecule has 0 aromatic heterocycles. The van der Waals surface area contributed by atoms with Crippen molar-refractivity contribution in [2.45, 2.75) is 39.0 Å². The smallest absolute Gasteiger partial charge is 0.0121 e. The quantitative estimate of drug-likeness (QED) is 0.646. The van der Waals surface area contributed by atoms with Crippen molar-refractivity contribution in [3.05, 3.63) is 41.0 Å². The van der Waals surface area contributed by atoms with Crippen LogP contribution in [0.25, 0.3) is 6.08 Å². The molecule has 0 heteroatoms. The fourth-order valence-corrected chi connectivity index (χ4v) is 2.31. The number of rotatable bonds is 2. The molecule has 0 radical (unpaired) electrons. The van der Waals surface area contributed by atoms with E-state index in [4.69, 9.17) is 0 Å². The lowest BCUT2D eigenvalue weighted by molar-refractivity contribution is 0.616. The van der Waals surface area contributed by atoms with Crippen molar-refractivity contribution in [2.24, 2.45) is 0 Å². The second-order valence-corrected chi connectivity index (χ2v) is 4.26. The number of hydrogen-bond donors (Lipinski definition) is 0. The maximum atomic E-state index is 2.36. The van der Waals surface area contributed by atoms with Crippen LogP contribution in [0.15, 0.2) is 24.3 Å². The Bertz CT molecular complexity index is 347. The van der Waals surface area contributed by atoms with Gasteiger partial charge >= 0.3 is 0 Å². The van der Waals surface area contributed by atoms with Gasteiger partial charge in [0.1, 0.15) is 0 Å². The third kappa shape index (κ3) is 1.75. The molecule has 0 saturated carbocycles. The van der Waals surface area contributed by atoms with E-state index in [9.17, 15) is 0 Å². The van der Waals surface area contributed by atoms with Crippen molar-refractivity contribution in [3.8, 4) is 0 Å². The first-order valence-electron chi connectivity index (χ1n) is 5.58. The summed E-state index contributed by atoms with van der Waals surface area (Å²) >= 11 is 0. The summed E-state index contributed by atoms with van der Waals surface area (Å²) in [5.74, 6) is 0.764. The number of hydrogen-bond acceptors (Lipinski definition) is 0. The van der Waals surface area contributed by atoms with Crippen LogP contribution in [0.4, 0.5) is 0 Å². The Morgan fingerprint density at radius 3 is 3.00 bits per heavy atom. The van der Waals surface area contributed by atoms with E-state index in [1.165, 1.54) is 30.4 Å². The summed E-state index contributed by atoms with van der Waals surface area (Å²) in [5, 5.41) is 0. The van der Waals surface area contributed by atoms with Gasteiger partial charge in [-0.2, -0.15) is 0 Å². The van der Waals surface area contributed by atoms with E-state index in [1.54, 1.807) is 5.56 Å². The molecule has 0 nitrogen and oxygen atoms in total. The first-order chi connectivity index (χ1) is 6.81. The topological polar surface area (TPSA) is 0 Å². The predicted octanol–water partition coefficient (Wildman–Crippen LogP) is 4.30. The molecule has 1 aliphatic carbocycles. The maximum absolute atomic E-state index is 2.36. The highest BCUT2D eigenvalue weighted by Crippen LogP contribution is 2.33. The summed E-state index contributed by atoms with van der Waals surface area (Å²) in [7, 11) is 0. The highest BCUT2D eigenvalue weighted by Gasteiger charge is 2.15. The van der Waals surface area contributed by atoms with E-state index in [1.807, 2.05) is 0 Å². The number of aryl methyl sites for hydroxylation is 1. The van der Waals surface area contributed by atoms with Crippen molar-refractivity contribution in [2.75, 3.05) is 0 Å². The molecule has 0 N–H and O–H groups in total. The SMILES string of the molecule is CCCC1CC=Cc2ccc(C)cc21. The Morgan fingerprint density at radius 2 is 2.21 bits per heavy atom. The molecule has 0 spiro atoms. The Morgan fingerprint density at radius 1 is 1.36 bits per heavy atom. The minimum absolute atomic E-state index is 0.764. The second-order valence-electron chi connectivity index (χ2n) is 4.26. The molecule has 0 fully saturated rings. The average Bonchev–Trinajstić information content (AvgIpc) is 2.19. The zero-order valence-electron chi connectivity index (χ0n) is 9.09. The van der Waals surface area contributed by atoms with Gasteiger partial charge in [0.25, 0.3) is 0 Å². The largest absolute Gasteiger partial charge is 0.0833 e. The van der Waals surface area contributed by atoms with Crippen LogP contribution in [-0.4, -0.2) is 0 Å². The first kappa shape index (κ1) is 9.51. The summed E-state index contributed by atoms with van der Waals surface area (Å²) < 4.78 is 0. The monoisotopic (exact) mass is 186 g/mol. The standard InChI is InChI=1S/C14H18/c1-3-5-12-6-4-7-13-9-8-11(2)10-14(12)13/h4,7-10,12H,3,5-6H2,1-2H3. The van der Waals surface area contributed by atoms with Gasteiger partial charge in [0, 0.05) is 0 Å². The molecule has 1 aromatic rings. The molecule has 0 aliphatic heterocycles. The zero-order valence-corrected chi connectivity index (χ0v) is 9.09. The lowest BCUT2D eigenvalue weighted by Crippen LogP contribution is -2.03. The second kappa shape index (κ2) is 4.00. The van der Waals surface area contributed by atoms with Gasteiger partial charge < -0.3 is 0 Å². The van der Waals surface area contributed by atoms with Crippen LogP contribution in [0.3, 0.4) is 0 Å². The molecule has 1 unspecified atom stereocenters. The fourth-order valence-electron chi connectivity index (χ4n) is 2.31. The number of fused-ring (bicyclic) bond motifs is 1. The van der Waals surface area contributed by atoms with Crippen molar-refractivity contribution in [1.29, 1.82) is 0 Å². The highest BCUT2D eigenvalue weighted by atomic mass is 14.2. The van der Waals surface area contributed by atoms with Gasteiger partial charge in [0.15, 0.2) is 0 Å². The average molecular weight is 186 g/mol. The third-order valence-electron chi connectivity index (χ3n) is 3.04. The van der Waals surface area contributed by atoms with Crippen molar-refractivity contribution < 1.29 is 0 Å². The molecular formula is C14H18. The van der Waals surface area contributed by atoms with E-state index in [-0.39, 0.29) is 0 Å². The van der Waals surface area contributed by atoms with Gasteiger partial charge in [0.2, 0.25) is 0 Å². The van der Waals surface area contributed by atoms with Crippen molar-refractivity contribution in [1.82, 2.24) is 0 Å². The van der Waals surface area contributed by atoms with Crippen LogP contribution in [0, 0.1) is 6.92 Å². The van der Waals surface area contributed by atoms with Gasteiger partial charge in [0.05, 0.1) is 0 Å². The normalized spacial score (nSPS) is 19.4. The van der Waals surface area contributed by atoms with E-state index >= 15 is 0 Å². The van der Waals surface area contributed by atoms with Crippen LogP contribution in [-0.2, 0) is 0 Å². The van der Waals surface area contributed by atoms with E-state index in [2.05, 4.69) is 44.2 Å². The predicted molar refractivity (Wildman–Crippen MR) is 62.5 cm³/mol. The molecule has 0 bridgehead atoms. The minimum Gasteiger partial charge on any atom is -0.0833 e. The Kier molecular flexibility index (Phi) is 2.72. The lowest BCUT2D eigenvalue weighted by Gasteiger charge is -2.21. The molecule has 0 amide bonds. The molecule has 1 atom stereocenters. The van der Waals surface area contributed by atoms with Crippen LogP contribution in [0.1, 0.15) is 48.8 Å². The fraction of sp³-hybridized carbons (Fsp3) is 0.429. The molecule has 1 aliphatic rings. The summed E-state index contributed by atoms with van der Waals surface area (Å²) in [4.78, 5) is 0. The Hall–Kier alpha value is -1.04. The van der Waals surface area contributed by atoms with Gasteiger partial charge in [-0.1, -0.05) is 49.3 Å². The molecule has 2 rings (SSSR count). The number of allylic oxidation sites excluding steroid dienone is 1. The van der Waals surface area contributed by atoms with Crippen LogP contribution >= 0.6 is 0 Å². The summed E-state index contributed by atoms with van der Waals surface area (Å²) in [6.07, 6.45) is 8.41. The molecular weight excluding hydrogens is 168 g/mol. The molecule has 0 heterocycles. The molecule has 0 saturated heterocycles. The van der Waals surface area contributed by atoms with E-state index < -0.39 is 0 Å². The summed E-state index contributed by atoms with van der Waals surface area (Å²) in [6, 6.07) is 6.82. The van der Waals surface area contributed by atoms with Crippen molar-refractivity contribution in [3.63, 3.8) is 0 Å². The van der Waals surface area contributed by atoms with Gasteiger partial charge in [-0.15, -0.1) is 0 Å². The highest BCUT2D eigenvalue weighted by molar-refractivity contribution is 5.58. The van der Waals surface area contributed by atoms with Gasteiger partial charge in [-0.3, -0.25) is 0 Å². The summed E-state index contributed by atoms with van der Waals surface area (Å²) in [5.41, 5.74) is 4.38. The Balaban J connectivity index is 2.37. The van der Waals surface area contributed by atoms with E-state index in [0.29, 0.717) is 0 Å². The molecule has 74 valence electrons. The van der Waals surface area contributed by atoms with Gasteiger partial charge in [-0.05, 0) is 36.8 Å². The third-order valence-corrected chi connectivity index (χ3v) is 3.04. The van der Waals surface area contributed by atoms with Gasteiger partial charge in [-0.25, -0.2) is 0 Å². The maximum Gasteiger partial charge on any atom is -0.0121 e. The molecule has 14 heavy (non-hydrogen) atoms. The minimum atomic E-state index is 0.764. The lowest BCUT2D eigenvalue weighted by atomic mass is 9.83. The number of benzene rings is 1. The van der Waals surface area contributed by atoms with Crippen LogP contribution < -0.4 is 0 Å². The van der Waals surface area contributed by atoms with E-state index in [0.717, 1.165) is 5.92 Å². The van der Waals surface area contributed by atoms with Crippen molar-refractivity contribution >= 4 is 6.08 Å². The first-order valence-corrected chi connectivity index (χ1v) is 5.58. The van der Waals surface area contributed by atoms with Crippen LogP contribution in [0.5, 0.6) is 0 Å². The Labute approximate surface area is 86.7 Å². The van der Waals surface area contributed by atoms with Crippen LogP contribution in [0.2, 0.25) is 0 Å².